The normalized spacial score (nSPS) is 31.1. The van der Waals surface area contributed by atoms with Crippen LogP contribution in [0.4, 0.5) is 0 Å². The van der Waals surface area contributed by atoms with Crippen molar-refractivity contribution in [2.45, 2.75) is 70.6 Å². The minimum absolute atomic E-state index is 0.0345. The SMILES string of the molecule is CC(C)(C)n1ncnc1CN1CC[C@]2(O)CCCC[C@H]2C1. The maximum absolute atomic E-state index is 10.8. The molecule has 1 aliphatic carbocycles. The number of hydrogen-bond donors (Lipinski definition) is 1. The summed E-state index contributed by atoms with van der Waals surface area (Å²) in [6, 6.07) is 0. The molecule has 1 aromatic rings. The van der Waals surface area contributed by atoms with E-state index in [0.717, 1.165) is 38.3 Å². The highest BCUT2D eigenvalue weighted by Gasteiger charge is 2.42. The fraction of sp³-hybridized carbons (Fsp3) is 0.875. The molecule has 3 rings (SSSR count). The van der Waals surface area contributed by atoms with Gasteiger partial charge in [0.2, 0.25) is 0 Å². The van der Waals surface area contributed by atoms with E-state index in [9.17, 15) is 5.11 Å². The van der Waals surface area contributed by atoms with E-state index in [4.69, 9.17) is 0 Å². The van der Waals surface area contributed by atoms with Crippen LogP contribution >= 0.6 is 0 Å². The van der Waals surface area contributed by atoms with E-state index < -0.39 is 5.60 Å². The van der Waals surface area contributed by atoms with Crippen LogP contribution in [0.1, 0.15) is 58.7 Å². The van der Waals surface area contributed by atoms with Gasteiger partial charge in [-0.05, 0) is 40.0 Å². The molecule has 1 aromatic heterocycles. The van der Waals surface area contributed by atoms with Crippen LogP contribution in [0.15, 0.2) is 6.33 Å². The zero-order chi connectivity index (χ0) is 15.1. The predicted octanol–water partition coefficient (Wildman–Crippen LogP) is 2.16. The molecule has 5 nitrogen and oxygen atoms in total. The van der Waals surface area contributed by atoms with Gasteiger partial charge in [0.05, 0.1) is 17.7 Å². The molecule has 0 unspecified atom stereocenters. The Morgan fingerprint density at radius 1 is 1.33 bits per heavy atom. The second-order valence-corrected chi connectivity index (χ2v) is 7.79. The molecule has 2 heterocycles. The molecule has 2 atom stereocenters. The lowest BCUT2D eigenvalue weighted by Gasteiger charge is -2.47. The first-order chi connectivity index (χ1) is 9.88. The van der Waals surface area contributed by atoms with Crippen molar-refractivity contribution in [3.8, 4) is 0 Å². The van der Waals surface area contributed by atoms with Crippen LogP contribution in [0.3, 0.4) is 0 Å². The predicted molar refractivity (Wildman–Crippen MR) is 81.8 cm³/mol. The minimum atomic E-state index is -0.396. The van der Waals surface area contributed by atoms with E-state index in [1.54, 1.807) is 6.33 Å². The fourth-order valence-electron chi connectivity index (χ4n) is 3.92. The quantitative estimate of drug-likeness (QED) is 0.907. The standard InChI is InChI=1S/C16H28N4O/c1-15(2,3)20-14(17-12-18-20)11-19-9-8-16(21)7-5-4-6-13(16)10-19/h12-13,21H,4-11H2,1-3H3/t13-,16+/m0/s1. The van der Waals surface area contributed by atoms with E-state index >= 15 is 0 Å². The first-order valence-electron chi connectivity index (χ1n) is 8.23. The summed E-state index contributed by atoms with van der Waals surface area (Å²) in [5.41, 5.74) is -0.431. The van der Waals surface area contributed by atoms with Gasteiger partial charge in [-0.15, -0.1) is 0 Å². The summed E-state index contributed by atoms with van der Waals surface area (Å²) in [6.07, 6.45) is 7.16. The first-order valence-corrected chi connectivity index (χ1v) is 8.23. The van der Waals surface area contributed by atoms with E-state index in [-0.39, 0.29) is 5.54 Å². The highest BCUT2D eigenvalue weighted by Crippen LogP contribution is 2.40. The summed E-state index contributed by atoms with van der Waals surface area (Å²) in [4.78, 5) is 6.89. The zero-order valence-electron chi connectivity index (χ0n) is 13.5. The Kier molecular flexibility index (Phi) is 3.82. The van der Waals surface area contributed by atoms with Crippen molar-refractivity contribution in [2.75, 3.05) is 13.1 Å². The lowest BCUT2D eigenvalue weighted by atomic mass is 9.71. The average Bonchev–Trinajstić information content (AvgIpc) is 2.87. The largest absolute Gasteiger partial charge is 0.390 e. The van der Waals surface area contributed by atoms with Crippen molar-refractivity contribution in [3.05, 3.63) is 12.2 Å². The van der Waals surface area contributed by atoms with Crippen LogP contribution in [-0.4, -0.2) is 43.5 Å². The lowest BCUT2D eigenvalue weighted by molar-refractivity contribution is -0.0973. The molecule has 2 aliphatic rings. The molecule has 21 heavy (non-hydrogen) atoms. The van der Waals surface area contributed by atoms with Gasteiger partial charge in [0, 0.05) is 19.0 Å². The number of aromatic nitrogens is 3. The molecule has 5 heteroatoms. The van der Waals surface area contributed by atoms with Crippen molar-refractivity contribution in [1.82, 2.24) is 19.7 Å². The Bertz CT molecular complexity index is 493. The second-order valence-electron chi connectivity index (χ2n) is 7.79. The number of hydrogen-bond acceptors (Lipinski definition) is 4. The van der Waals surface area contributed by atoms with Gasteiger partial charge >= 0.3 is 0 Å². The van der Waals surface area contributed by atoms with E-state index in [2.05, 4.69) is 35.8 Å². The van der Waals surface area contributed by atoms with Gasteiger partial charge < -0.3 is 5.11 Å². The van der Waals surface area contributed by atoms with Crippen LogP contribution in [0.5, 0.6) is 0 Å². The van der Waals surface area contributed by atoms with Crippen molar-refractivity contribution in [3.63, 3.8) is 0 Å². The third-order valence-corrected chi connectivity index (χ3v) is 5.13. The first kappa shape index (κ1) is 15.0. The highest BCUT2D eigenvalue weighted by molar-refractivity contribution is 4.98. The van der Waals surface area contributed by atoms with Gasteiger partial charge in [0.1, 0.15) is 12.2 Å². The number of likely N-dealkylation sites (tertiary alicyclic amines) is 1. The smallest absolute Gasteiger partial charge is 0.141 e. The molecule has 0 amide bonds. The third kappa shape index (κ3) is 2.99. The number of aliphatic hydroxyl groups is 1. The summed E-state index contributed by atoms with van der Waals surface area (Å²) >= 11 is 0. The molecule has 1 saturated carbocycles. The average molecular weight is 292 g/mol. The van der Waals surface area contributed by atoms with Gasteiger partial charge in [-0.2, -0.15) is 5.10 Å². The Morgan fingerprint density at radius 2 is 2.14 bits per heavy atom. The van der Waals surface area contributed by atoms with Crippen molar-refractivity contribution >= 4 is 0 Å². The zero-order valence-corrected chi connectivity index (χ0v) is 13.5. The Labute approximate surface area is 127 Å². The molecular weight excluding hydrogens is 264 g/mol. The van der Waals surface area contributed by atoms with Crippen molar-refractivity contribution in [1.29, 1.82) is 0 Å². The monoisotopic (exact) mass is 292 g/mol. The topological polar surface area (TPSA) is 54.2 Å². The third-order valence-electron chi connectivity index (χ3n) is 5.13. The molecule has 2 fully saturated rings. The molecule has 0 aromatic carbocycles. The van der Waals surface area contributed by atoms with Gasteiger partial charge in [0.15, 0.2) is 0 Å². The maximum atomic E-state index is 10.8. The van der Waals surface area contributed by atoms with Gasteiger partial charge in [0.25, 0.3) is 0 Å². The summed E-state index contributed by atoms with van der Waals surface area (Å²) in [5, 5.41) is 15.1. The molecule has 0 spiro atoms. The molecule has 0 radical (unpaired) electrons. The minimum Gasteiger partial charge on any atom is -0.390 e. The summed E-state index contributed by atoms with van der Waals surface area (Å²) in [7, 11) is 0. The maximum Gasteiger partial charge on any atom is 0.141 e. The summed E-state index contributed by atoms with van der Waals surface area (Å²) in [6.45, 7) is 9.26. The molecular formula is C16H28N4O. The Balaban J connectivity index is 1.69. The van der Waals surface area contributed by atoms with E-state index in [0.29, 0.717) is 5.92 Å². The van der Waals surface area contributed by atoms with Crippen LogP contribution < -0.4 is 0 Å². The number of fused-ring (bicyclic) bond motifs is 1. The van der Waals surface area contributed by atoms with Crippen LogP contribution in [-0.2, 0) is 12.1 Å². The van der Waals surface area contributed by atoms with Crippen LogP contribution in [0, 0.1) is 5.92 Å². The number of piperidine rings is 1. The summed E-state index contributed by atoms with van der Waals surface area (Å²) in [5.74, 6) is 1.47. The number of rotatable bonds is 2. The lowest BCUT2D eigenvalue weighted by Crippen LogP contribution is -2.53. The summed E-state index contributed by atoms with van der Waals surface area (Å²) < 4.78 is 2.02. The van der Waals surface area contributed by atoms with E-state index in [1.807, 2.05) is 4.68 Å². The van der Waals surface area contributed by atoms with Crippen LogP contribution in [0.25, 0.3) is 0 Å². The second kappa shape index (κ2) is 5.36. The fourth-order valence-corrected chi connectivity index (χ4v) is 3.92. The Hall–Kier alpha value is -0.940. The highest BCUT2D eigenvalue weighted by atomic mass is 16.3. The van der Waals surface area contributed by atoms with Crippen molar-refractivity contribution < 1.29 is 5.11 Å². The van der Waals surface area contributed by atoms with E-state index in [1.165, 1.54) is 19.3 Å². The molecule has 1 saturated heterocycles. The Morgan fingerprint density at radius 3 is 2.90 bits per heavy atom. The van der Waals surface area contributed by atoms with Gasteiger partial charge in [-0.1, -0.05) is 12.8 Å². The van der Waals surface area contributed by atoms with Gasteiger partial charge in [-0.25, -0.2) is 9.67 Å². The van der Waals surface area contributed by atoms with Crippen molar-refractivity contribution in [2.24, 2.45) is 5.92 Å². The van der Waals surface area contributed by atoms with Crippen LogP contribution in [0.2, 0.25) is 0 Å². The molecule has 1 aliphatic heterocycles. The number of nitrogens with zero attached hydrogens (tertiary/aromatic N) is 4. The molecule has 0 bridgehead atoms. The molecule has 118 valence electrons. The van der Waals surface area contributed by atoms with Gasteiger partial charge in [-0.3, -0.25) is 4.90 Å². The molecule has 1 N–H and O–H groups in total.